The van der Waals surface area contributed by atoms with Crippen LogP contribution in [0, 0.1) is 0 Å². The molecule has 2 amide bonds. The van der Waals surface area contributed by atoms with Gasteiger partial charge in [0.15, 0.2) is 11.5 Å². The van der Waals surface area contributed by atoms with Crippen LogP contribution in [0.25, 0.3) is 0 Å². The van der Waals surface area contributed by atoms with Crippen LogP contribution in [-0.2, 0) is 16.0 Å². The number of methoxy groups -OCH3 is 2. The van der Waals surface area contributed by atoms with Crippen molar-refractivity contribution in [3.8, 4) is 11.5 Å². The summed E-state index contributed by atoms with van der Waals surface area (Å²) in [6.07, 6.45) is 3.09. The molecule has 0 aliphatic heterocycles. The molecule has 0 saturated heterocycles. The van der Waals surface area contributed by atoms with Crippen LogP contribution in [0.2, 0.25) is 0 Å². The Labute approximate surface area is 132 Å². The summed E-state index contributed by atoms with van der Waals surface area (Å²) in [7, 11) is 3.12. The lowest BCUT2D eigenvalue weighted by Crippen LogP contribution is -2.39. The van der Waals surface area contributed by atoms with Gasteiger partial charge < -0.3 is 14.8 Å². The molecule has 2 N–H and O–H groups in total. The predicted octanol–water partition coefficient (Wildman–Crippen LogP) is -0.276. The highest BCUT2D eigenvalue weighted by molar-refractivity contribution is 6.38. The Morgan fingerprint density at radius 2 is 1.78 bits per heavy atom. The van der Waals surface area contributed by atoms with E-state index in [4.69, 9.17) is 9.47 Å². The predicted molar refractivity (Wildman–Crippen MR) is 80.6 cm³/mol. The number of carbonyl (C=O) groups excluding carboxylic acids is 2. The first kappa shape index (κ1) is 16.3. The van der Waals surface area contributed by atoms with E-state index in [0.717, 1.165) is 5.56 Å². The smallest absolute Gasteiger partial charge is 0.328 e. The minimum absolute atomic E-state index is 0.309. The second-order valence-corrected chi connectivity index (χ2v) is 4.51. The summed E-state index contributed by atoms with van der Waals surface area (Å²) in [5.74, 6) is -0.286. The molecule has 9 nitrogen and oxygen atoms in total. The molecule has 23 heavy (non-hydrogen) atoms. The minimum Gasteiger partial charge on any atom is -0.493 e. The first-order valence-corrected chi connectivity index (χ1v) is 6.78. The van der Waals surface area contributed by atoms with Crippen molar-refractivity contribution in [1.82, 2.24) is 20.2 Å². The van der Waals surface area contributed by atoms with Gasteiger partial charge in [-0.1, -0.05) is 6.07 Å². The van der Waals surface area contributed by atoms with E-state index < -0.39 is 11.8 Å². The van der Waals surface area contributed by atoms with Crippen molar-refractivity contribution < 1.29 is 19.1 Å². The van der Waals surface area contributed by atoms with Crippen LogP contribution in [0.4, 0.5) is 0 Å². The highest BCUT2D eigenvalue weighted by Gasteiger charge is 2.13. The molecule has 122 valence electrons. The lowest BCUT2D eigenvalue weighted by molar-refractivity contribution is -0.136. The molecular weight excluding hydrogens is 302 g/mol. The molecule has 0 aliphatic carbocycles. The van der Waals surface area contributed by atoms with Gasteiger partial charge in [0.05, 0.1) is 14.2 Å². The van der Waals surface area contributed by atoms with Gasteiger partial charge in [-0.15, -0.1) is 10.2 Å². The number of benzene rings is 1. The van der Waals surface area contributed by atoms with Gasteiger partial charge in [0.25, 0.3) is 0 Å². The van der Waals surface area contributed by atoms with Crippen LogP contribution < -0.4 is 20.2 Å². The Kier molecular flexibility index (Phi) is 5.50. The summed E-state index contributed by atoms with van der Waals surface area (Å²) in [5, 5.41) is 9.55. The zero-order valence-corrected chi connectivity index (χ0v) is 12.8. The monoisotopic (exact) mass is 319 g/mol. The fourth-order valence-electron chi connectivity index (χ4n) is 1.86. The second kappa shape index (κ2) is 7.78. The van der Waals surface area contributed by atoms with Gasteiger partial charge in [0, 0.05) is 6.54 Å². The van der Waals surface area contributed by atoms with Crippen LogP contribution in [-0.4, -0.2) is 47.5 Å². The van der Waals surface area contributed by atoms with Crippen molar-refractivity contribution in [3.05, 3.63) is 36.4 Å². The number of amides is 2. The third-order valence-electron chi connectivity index (χ3n) is 3.00. The van der Waals surface area contributed by atoms with Gasteiger partial charge in [-0.2, -0.15) is 0 Å². The van der Waals surface area contributed by atoms with E-state index in [1.54, 1.807) is 20.3 Å². The third kappa shape index (κ3) is 4.43. The molecule has 0 aliphatic rings. The average molecular weight is 319 g/mol. The summed E-state index contributed by atoms with van der Waals surface area (Å²) >= 11 is 0. The van der Waals surface area contributed by atoms with E-state index in [9.17, 15) is 9.59 Å². The standard InChI is InChI=1S/C14H17N5O4/c1-22-11-4-3-10(7-12(11)23-2)5-6-15-13(20)14(21)18-19-8-16-17-9-19/h3-4,7-9H,5-6H2,1-2H3,(H,15,20)(H,18,21). The molecule has 1 aromatic heterocycles. The van der Waals surface area contributed by atoms with E-state index in [2.05, 4.69) is 20.9 Å². The molecule has 0 spiro atoms. The van der Waals surface area contributed by atoms with Crippen molar-refractivity contribution in [1.29, 1.82) is 0 Å². The topological polar surface area (TPSA) is 107 Å². The van der Waals surface area contributed by atoms with Gasteiger partial charge in [-0.05, 0) is 24.1 Å². The van der Waals surface area contributed by atoms with Crippen molar-refractivity contribution in [2.24, 2.45) is 0 Å². The molecule has 1 aromatic carbocycles. The maximum Gasteiger partial charge on any atom is 0.328 e. The number of aromatic nitrogens is 3. The summed E-state index contributed by atoms with van der Waals surface area (Å²) in [6, 6.07) is 5.47. The fourth-order valence-corrected chi connectivity index (χ4v) is 1.86. The van der Waals surface area contributed by atoms with Crippen LogP contribution in [0.15, 0.2) is 30.9 Å². The number of ether oxygens (including phenoxy) is 2. The van der Waals surface area contributed by atoms with Gasteiger partial charge in [0.1, 0.15) is 12.7 Å². The molecular formula is C14H17N5O4. The van der Waals surface area contributed by atoms with Crippen LogP contribution in [0.5, 0.6) is 11.5 Å². The molecule has 0 atom stereocenters. The van der Waals surface area contributed by atoms with Gasteiger partial charge in [-0.3, -0.25) is 15.0 Å². The van der Waals surface area contributed by atoms with Crippen molar-refractivity contribution in [3.63, 3.8) is 0 Å². The summed E-state index contributed by atoms with van der Waals surface area (Å²) in [4.78, 5) is 23.3. The molecule has 1 heterocycles. The van der Waals surface area contributed by atoms with E-state index in [1.807, 2.05) is 12.1 Å². The minimum atomic E-state index is -0.794. The fraction of sp³-hybridized carbons (Fsp3) is 0.286. The second-order valence-electron chi connectivity index (χ2n) is 4.51. The average Bonchev–Trinajstić information content (AvgIpc) is 3.07. The Morgan fingerprint density at radius 3 is 2.43 bits per heavy atom. The number of rotatable bonds is 6. The number of hydrogen-bond acceptors (Lipinski definition) is 6. The molecule has 0 unspecified atom stereocenters. The Hall–Kier alpha value is -3.10. The normalized spacial score (nSPS) is 10.0. The number of hydrogen-bond donors (Lipinski definition) is 2. The lowest BCUT2D eigenvalue weighted by Gasteiger charge is -2.10. The molecule has 0 fully saturated rings. The maximum atomic E-state index is 11.7. The van der Waals surface area contributed by atoms with Gasteiger partial charge in [-0.25, -0.2) is 4.68 Å². The first-order valence-electron chi connectivity index (χ1n) is 6.78. The molecule has 2 aromatic rings. The molecule has 0 saturated carbocycles. The maximum absolute atomic E-state index is 11.7. The Morgan fingerprint density at radius 1 is 1.09 bits per heavy atom. The summed E-state index contributed by atoms with van der Waals surface area (Å²) in [5.41, 5.74) is 3.25. The zero-order valence-electron chi connectivity index (χ0n) is 12.8. The SMILES string of the molecule is COc1ccc(CCNC(=O)C(=O)Nn2cnnc2)cc1OC. The highest BCUT2D eigenvalue weighted by Crippen LogP contribution is 2.27. The summed E-state index contributed by atoms with van der Waals surface area (Å²) < 4.78 is 11.6. The Bertz CT molecular complexity index is 672. The van der Waals surface area contributed by atoms with E-state index >= 15 is 0 Å². The van der Waals surface area contributed by atoms with Crippen LogP contribution >= 0.6 is 0 Å². The third-order valence-corrected chi connectivity index (χ3v) is 3.00. The van der Waals surface area contributed by atoms with Gasteiger partial charge >= 0.3 is 11.8 Å². The highest BCUT2D eigenvalue weighted by atomic mass is 16.5. The van der Waals surface area contributed by atoms with E-state index in [-0.39, 0.29) is 0 Å². The van der Waals surface area contributed by atoms with E-state index in [1.165, 1.54) is 17.3 Å². The van der Waals surface area contributed by atoms with Crippen molar-refractivity contribution in [2.75, 3.05) is 26.2 Å². The number of nitrogens with one attached hydrogen (secondary N) is 2. The number of carbonyl (C=O) groups is 2. The molecule has 0 bridgehead atoms. The molecule has 9 heteroatoms. The van der Waals surface area contributed by atoms with Crippen molar-refractivity contribution in [2.45, 2.75) is 6.42 Å². The quantitative estimate of drug-likeness (QED) is 0.709. The largest absolute Gasteiger partial charge is 0.493 e. The van der Waals surface area contributed by atoms with Crippen LogP contribution in [0.3, 0.4) is 0 Å². The number of nitrogens with zero attached hydrogens (tertiary/aromatic N) is 3. The molecule has 2 rings (SSSR count). The van der Waals surface area contributed by atoms with Crippen LogP contribution in [0.1, 0.15) is 5.56 Å². The van der Waals surface area contributed by atoms with E-state index in [0.29, 0.717) is 24.5 Å². The lowest BCUT2D eigenvalue weighted by atomic mass is 10.1. The Balaban J connectivity index is 1.82. The van der Waals surface area contributed by atoms with Crippen molar-refractivity contribution >= 4 is 11.8 Å². The molecule has 0 radical (unpaired) electrons. The summed E-state index contributed by atoms with van der Waals surface area (Å²) in [6.45, 7) is 0.309. The zero-order chi connectivity index (χ0) is 16.7. The first-order chi connectivity index (χ1) is 11.1. The van der Waals surface area contributed by atoms with Gasteiger partial charge in [0.2, 0.25) is 0 Å².